The lowest BCUT2D eigenvalue weighted by Gasteiger charge is -2.39. The van der Waals surface area contributed by atoms with Crippen LogP contribution in [0.3, 0.4) is 0 Å². The van der Waals surface area contributed by atoms with E-state index in [0.717, 1.165) is 0 Å². The quantitative estimate of drug-likeness (QED) is 0.807. The number of carbonyl (C=O) groups is 2. The van der Waals surface area contributed by atoms with Crippen LogP contribution in [0.5, 0.6) is 0 Å². The number of hydrogen-bond acceptors (Lipinski definition) is 3. The average molecular weight is 394 g/mol. The molecule has 2 fully saturated rings. The highest BCUT2D eigenvalue weighted by Gasteiger charge is 2.39. The lowest BCUT2D eigenvalue weighted by molar-refractivity contribution is -0.127. The molecule has 0 aromatic heterocycles. The summed E-state index contributed by atoms with van der Waals surface area (Å²) in [5, 5.41) is 2.94. The highest BCUT2D eigenvalue weighted by molar-refractivity contribution is 5.95. The Kier molecular flexibility index (Phi) is 6.65. The van der Waals surface area contributed by atoms with E-state index in [2.05, 4.69) is 5.32 Å². The van der Waals surface area contributed by atoms with Gasteiger partial charge in [-0.2, -0.15) is 0 Å². The van der Waals surface area contributed by atoms with Crippen molar-refractivity contribution in [3.8, 4) is 0 Å². The zero-order valence-electron chi connectivity index (χ0n) is 16.2. The number of alkyl halides is 2. The van der Waals surface area contributed by atoms with E-state index in [4.69, 9.17) is 4.74 Å². The number of carbonyl (C=O) groups excluding carboxylic acids is 2. The molecule has 2 amide bonds. The number of amides is 2. The van der Waals surface area contributed by atoms with E-state index in [1.54, 1.807) is 24.1 Å². The maximum absolute atomic E-state index is 12.9. The number of halogens is 2. The molecule has 1 aliphatic heterocycles. The number of methoxy groups -OCH3 is 1. The van der Waals surface area contributed by atoms with Crippen LogP contribution in [0.4, 0.5) is 8.78 Å². The van der Waals surface area contributed by atoms with Gasteiger partial charge >= 0.3 is 0 Å². The first kappa shape index (κ1) is 20.7. The first-order valence-electron chi connectivity index (χ1n) is 9.89. The molecule has 1 heterocycles. The molecule has 0 bridgehead atoms. The number of likely N-dealkylation sites (tertiary alicyclic amines) is 1. The molecule has 7 heteroatoms. The Morgan fingerprint density at radius 2 is 1.89 bits per heavy atom. The second kappa shape index (κ2) is 8.99. The van der Waals surface area contributed by atoms with Gasteiger partial charge < -0.3 is 15.0 Å². The van der Waals surface area contributed by atoms with Crippen LogP contribution in [0, 0.1) is 11.8 Å². The van der Waals surface area contributed by atoms with E-state index in [1.807, 2.05) is 18.2 Å². The van der Waals surface area contributed by atoms with Gasteiger partial charge in [-0.25, -0.2) is 8.78 Å². The highest BCUT2D eigenvalue weighted by Crippen LogP contribution is 2.37. The van der Waals surface area contributed by atoms with Gasteiger partial charge in [0.15, 0.2) is 0 Å². The Hall–Kier alpha value is -2.02. The molecule has 1 aromatic rings. The summed E-state index contributed by atoms with van der Waals surface area (Å²) in [6.45, 7) is 1.27. The zero-order valence-corrected chi connectivity index (χ0v) is 16.2. The fraction of sp³-hybridized carbons (Fsp3) is 0.619. The Bertz CT molecular complexity index is 675. The summed E-state index contributed by atoms with van der Waals surface area (Å²) in [4.78, 5) is 26.8. The molecule has 0 radical (unpaired) electrons. The van der Waals surface area contributed by atoms with Crippen LogP contribution in [0.25, 0.3) is 0 Å². The average Bonchev–Trinajstić information content (AvgIpc) is 3.22. The van der Waals surface area contributed by atoms with Gasteiger partial charge in [-0.1, -0.05) is 18.2 Å². The third-order valence-electron chi connectivity index (χ3n) is 6.18. The van der Waals surface area contributed by atoms with E-state index >= 15 is 0 Å². The standard InChI is InChI=1S/C21H28F2N2O3/c1-28-21(10-7-15(8-11-21)18(22)23)14-24-19(26)17-9-12-25(13-17)20(27)16-5-3-2-4-6-16/h2-6,15,17-18H,7-14H2,1H3,(H,24,26)/t15?,17-,21?/m0/s1. The van der Waals surface area contributed by atoms with Crippen molar-refractivity contribution in [1.29, 1.82) is 0 Å². The minimum absolute atomic E-state index is 0.0606. The van der Waals surface area contributed by atoms with Gasteiger partial charge in [0.1, 0.15) is 0 Å². The number of nitrogens with one attached hydrogen (secondary N) is 1. The molecule has 0 unspecified atom stereocenters. The van der Waals surface area contributed by atoms with Crippen molar-refractivity contribution < 1.29 is 23.1 Å². The molecule has 0 spiro atoms. The van der Waals surface area contributed by atoms with Crippen molar-refractivity contribution in [2.45, 2.75) is 44.1 Å². The minimum Gasteiger partial charge on any atom is -0.376 e. The Morgan fingerprint density at radius 1 is 1.21 bits per heavy atom. The second-order valence-corrected chi connectivity index (χ2v) is 7.88. The molecule has 1 aromatic carbocycles. The normalized spacial score (nSPS) is 27.8. The van der Waals surface area contributed by atoms with E-state index in [1.165, 1.54) is 0 Å². The van der Waals surface area contributed by atoms with Gasteiger partial charge in [-0.15, -0.1) is 0 Å². The lowest BCUT2D eigenvalue weighted by atomic mass is 9.78. The van der Waals surface area contributed by atoms with E-state index in [0.29, 0.717) is 57.3 Å². The number of benzene rings is 1. The summed E-state index contributed by atoms with van der Waals surface area (Å²) in [6, 6.07) is 9.04. The summed E-state index contributed by atoms with van der Waals surface area (Å²) >= 11 is 0. The Balaban J connectivity index is 1.49. The third kappa shape index (κ3) is 4.69. The van der Waals surface area contributed by atoms with Crippen molar-refractivity contribution in [3.05, 3.63) is 35.9 Å². The number of ether oxygens (including phenoxy) is 1. The fourth-order valence-corrected chi connectivity index (χ4v) is 4.19. The van der Waals surface area contributed by atoms with Crippen LogP contribution in [0.2, 0.25) is 0 Å². The van der Waals surface area contributed by atoms with Gasteiger partial charge in [0, 0.05) is 38.2 Å². The summed E-state index contributed by atoms with van der Waals surface area (Å²) in [6.07, 6.45) is 0.173. The van der Waals surface area contributed by atoms with E-state index in [-0.39, 0.29) is 17.7 Å². The highest BCUT2D eigenvalue weighted by atomic mass is 19.3. The van der Waals surface area contributed by atoms with Crippen molar-refractivity contribution in [2.75, 3.05) is 26.7 Å². The van der Waals surface area contributed by atoms with Crippen molar-refractivity contribution in [3.63, 3.8) is 0 Å². The van der Waals surface area contributed by atoms with Gasteiger partial charge in [0.25, 0.3) is 5.91 Å². The number of rotatable bonds is 6. The molecule has 28 heavy (non-hydrogen) atoms. The first-order valence-corrected chi connectivity index (χ1v) is 9.89. The molecule has 1 aliphatic carbocycles. The fourth-order valence-electron chi connectivity index (χ4n) is 4.19. The largest absolute Gasteiger partial charge is 0.376 e. The molecule has 1 saturated carbocycles. The molecule has 1 atom stereocenters. The predicted octanol–water partition coefficient (Wildman–Crippen LogP) is 3.11. The molecular weight excluding hydrogens is 366 g/mol. The maximum Gasteiger partial charge on any atom is 0.253 e. The van der Waals surface area contributed by atoms with Crippen LogP contribution in [-0.2, 0) is 9.53 Å². The van der Waals surface area contributed by atoms with Gasteiger partial charge in [0.05, 0.1) is 11.5 Å². The molecule has 154 valence electrons. The molecular formula is C21H28F2N2O3. The summed E-state index contributed by atoms with van der Waals surface area (Å²) < 4.78 is 31.4. The molecule has 5 nitrogen and oxygen atoms in total. The van der Waals surface area contributed by atoms with E-state index < -0.39 is 17.9 Å². The van der Waals surface area contributed by atoms with Crippen LogP contribution in [0.15, 0.2) is 30.3 Å². The molecule has 3 rings (SSSR count). The molecule has 1 saturated heterocycles. The van der Waals surface area contributed by atoms with Crippen molar-refractivity contribution in [2.24, 2.45) is 11.8 Å². The minimum atomic E-state index is -2.30. The summed E-state index contributed by atoms with van der Waals surface area (Å²) in [5.74, 6) is -0.990. The van der Waals surface area contributed by atoms with Crippen LogP contribution >= 0.6 is 0 Å². The maximum atomic E-state index is 12.9. The van der Waals surface area contributed by atoms with Crippen molar-refractivity contribution in [1.82, 2.24) is 10.2 Å². The van der Waals surface area contributed by atoms with Crippen molar-refractivity contribution >= 4 is 11.8 Å². The summed E-state index contributed by atoms with van der Waals surface area (Å²) in [5.41, 5.74) is 0.0526. The topological polar surface area (TPSA) is 58.6 Å². The first-order chi connectivity index (χ1) is 13.4. The van der Waals surface area contributed by atoms with Crippen LogP contribution in [-0.4, -0.2) is 55.5 Å². The van der Waals surface area contributed by atoms with Crippen LogP contribution in [0.1, 0.15) is 42.5 Å². The molecule has 2 aliphatic rings. The zero-order chi connectivity index (χ0) is 20.1. The third-order valence-corrected chi connectivity index (χ3v) is 6.18. The molecule has 1 N–H and O–H groups in total. The Morgan fingerprint density at radius 3 is 2.50 bits per heavy atom. The lowest BCUT2D eigenvalue weighted by Crippen LogP contribution is -2.48. The van der Waals surface area contributed by atoms with E-state index in [9.17, 15) is 18.4 Å². The SMILES string of the molecule is COC1(CNC(=O)[C@H]2CCN(C(=O)c3ccccc3)C2)CCC(C(F)F)CC1. The smallest absolute Gasteiger partial charge is 0.253 e. The Labute approximate surface area is 164 Å². The number of nitrogens with zero attached hydrogens (tertiary/aromatic N) is 1. The predicted molar refractivity (Wildman–Crippen MR) is 101 cm³/mol. The van der Waals surface area contributed by atoms with Gasteiger partial charge in [-0.3, -0.25) is 9.59 Å². The van der Waals surface area contributed by atoms with Gasteiger partial charge in [0.2, 0.25) is 12.3 Å². The monoisotopic (exact) mass is 394 g/mol. The second-order valence-electron chi connectivity index (χ2n) is 7.88. The number of hydrogen-bond donors (Lipinski definition) is 1. The van der Waals surface area contributed by atoms with Gasteiger partial charge in [-0.05, 0) is 44.2 Å². The summed E-state index contributed by atoms with van der Waals surface area (Å²) in [7, 11) is 1.57. The van der Waals surface area contributed by atoms with Crippen LogP contribution < -0.4 is 5.32 Å².